The third-order valence-corrected chi connectivity index (χ3v) is 4.31. The van der Waals surface area contributed by atoms with Crippen molar-refractivity contribution in [2.24, 2.45) is 0 Å². The Hall–Kier alpha value is -2.22. The third kappa shape index (κ3) is 3.33. The minimum absolute atomic E-state index is 0.250. The van der Waals surface area contributed by atoms with E-state index in [1.54, 1.807) is 24.3 Å². The molecule has 7 nitrogen and oxygen atoms in total. The molecule has 1 saturated heterocycles. The average Bonchev–Trinajstić information content (AvgIpc) is 3.03. The monoisotopic (exact) mass is 324 g/mol. The maximum absolute atomic E-state index is 12.4. The van der Waals surface area contributed by atoms with Gasteiger partial charge in [-0.05, 0) is 12.1 Å². The van der Waals surface area contributed by atoms with Crippen LogP contribution in [0.15, 0.2) is 24.3 Å². The molecular weight excluding hydrogens is 308 g/mol. The van der Waals surface area contributed by atoms with Crippen molar-refractivity contribution < 1.29 is 23.9 Å². The summed E-state index contributed by atoms with van der Waals surface area (Å²) >= 11 is 1.34. The molecule has 0 bridgehead atoms. The van der Waals surface area contributed by atoms with Crippen LogP contribution in [0.5, 0.6) is 0 Å². The lowest BCUT2D eigenvalue weighted by molar-refractivity contribution is -0.142. The normalized spacial score (nSPS) is 17.0. The van der Waals surface area contributed by atoms with E-state index in [0.717, 1.165) is 0 Å². The number of esters is 2. The minimum atomic E-state index is -0.671. The van der Waals surface area contributed by atoms with Gasteiger partial charge in [0, 0.05) is 12.3 Å². The summed E-state index contributed by atoms with van der Waals surface area (Å²) in [6.07, 6.45) is 0. The van der Waals surface area contributed by atoms with E-state index >= 15 is 0 Å². The molecule has 0 saturated carbocycles. The Labute approximate surface area is 131 Å². The van der Waals surface area contributed by atoms with Crippen molar-refractivity contribution in [1.29, 1.82) is 0 Å². The zero-order valence-corrected chi connectivity index (χ0v) is 13.0. The molecule has 1 heterocycles. The standard InChI is InChI=1S/C14H16N2O5S/c1-20-12(17)9-5-3-4-6-10(9)15-14(19)16-7-8-22-11(16)13(18)21-2/h3-6,11H,7-8H2,1-2H3,(H,15,19). The summed E-state index contributed by atoms with van der Waals surface area (Å²) in [5, 5.41) is 1.97. The van der Waals surface area contributed by atoms with Crippen LogP contribution in [-0.4, -0.2) is 54.8 Å². The smallest absolute Gasteiger partial charge is 0.339 e. The van der Waals surface area contributed by atoms with Crippen molar-refractivity contribution in [3.8, 4) is 0 Å². The van der Waals surface area contributed by atoms with Crippen molar-refractivity contribution in [3.63, 3.8) is 0 Å². The van der Waals surface area contributed by atoms with E-state index < -0.39 is 23.3 Å². The zero-order valence-electron chi connectivity index (χ0n) is 12.2. The Balaban J connectivity index is 2.15. The predicted octanol–water partition coefficient (Wildman–Crippen LogP) is 1.55. The van der Waals surface area contributed by atoms with E-state index in [0.29, 0.717) is 18.0 Å². The van der Waals surface area contributed by atoms with Gasteiger partial charge in [0.15, 0.2) is 5.37 Å². The van der Waals surface area contributed by atoms with Crippen molar-refractivity contribution in [1.82, 2.24) is 4.90 Å². The Morgan fingerprint density at radius 2 is 1.95 bits per heavy atom. The number of amides is 2. The summed E-state index contributed by atoms with van der Waals surface area (Å²) in [6, 6.07) is 6.05. The van der Waals surface area contributed by atoms with E-state index in [1.165, 1.54) is 30.9 Å². The van der Waals surface area contributed by atoms with Crippen molar-refractivity contribution in [2.75, 3.05) is 31.8 Å². The topological polar surface area (TPSA) is 84.9 Å². The van der Waals surface area contributed by atoms with Crippen LogP contribution < -0.4 is 5.32 Å². The number of carbonyl (C=O) groups excluding carboxylic acids is 3. The molecule has 2 rings (SSSR count). The molecular formula is C14H16N2O5S. The second kappa shape index (κ2) is 7.17. The largest absolute Gasteiger partial charge is 0.467 e. The van der Waals surface area contributed by atoms with Crippen LogP contribution in [0.25, 0.3) is 0 Å². The van der Waals surface area contributed by atoms with Crippen LogP contribution in [0, 0.1) is 0 Å². The lowest BCUT2D eigenvalue weighted by Gasteiger charge is -2.22. The maximum Gasteiger partial charge on any atom is 0.339 e. The van der Waals surface area contributed by atoms with Crippen molar-refractivity contribution in [3.05, 3.63) is 29.8 Å². The molecule has 2 amide bonds. The molecule has 1 aliphatic heterocycles. The van der Waals surface area contributed by atoms with Crippen LogP contribution in [0.4, 0.5) is 10.5 Å². The van der Waals surface area contributed by atoms with Crippen molar-refractivity contribution in [2.45, 2.75) is 5.37 Å². The van der Waals surface area contributed by atoms with Gasteiger partial charge in [0.1, 0.15) is 0 Å². The number of hydrogen-bond donors (Lipinski definition) is 1. The summed E-state index contributed by atoms with van der Waals surface area (Å²) < 4.78 is 9.37. The molecule has 1 fully saturated rings. The number of thioether (sulfide) groups is 1. The van der Waals surface area contributed by atoms with Crippen LogP contribution in [-0.2, 0) is 14.3 Å². The predicted molar refractivity (Wildman–Crippen MR) is 81.8 cm³/mol. The minimum Gasteiger partial charge on any atom is -0.467 e. The highest BCUT2D eigenvalue weighted by Crippen LogP contribution is 2.26. The van der Waals surface area contributed by atoms with Gasteiger partial charge in [0.25, 0.3) is 0 Å². The van der Waals surface area contributed by atoms with Gasteiger partial charge in [-0.3, -0.25) is 0 Å². The van der Waals surface area contributed by atoms with Crippen LogP contribution in [0.3, 0.4) is 0 Å². The van der Waals surface area contributed by atoms with Gasteiger partial charge in [0.05, 0.1) is 25.5 Å². The molecule has 118 valence electrons. The number of carbonyl (C=O) groups is 3. The number of nitrogens with one attached hydrogen (secondary N) is 1. The zero-order chi connectivity index (χ0) is 16.1. The van der Waals surface area contributed by atoms with E-state index in [2.05, 4.69) is 14.8 Å². The number of urea groups is 1. The molecule has 0 aliphatic carbocycles. The first-order valence-electron chi connectivity index (χ1n) is 6.53. The third-order valence-electron chi connectivity index (χ3n) is 3.13. The Kier molecular flexibility index (Phi) is 5.26. The highest BCUT2D eigenvalue weighted by molar-refractivity contribution is 8.00. The number of anilines is 1. The van der Waals surface area contributed by atoms with Crippen LogP contribution in [0.2, 0.25) is 0 Å². The van der Waals surface area contributed by atoms with E-state index in [9.17, 15) is 14.4 Å². The lowest BCUT2D eigenvalue weighted by Crippen LogP contribution is -2.42. The Morgan fingerprint density at radius 3 is 2.64 bits per heavy atom. The first-order chi connectivity index (χ1) is 10.6. The first-order valence-corrected chi connectivity index (χ1v) is 7.57. The van der Waals surface area contributed by atoms with E-state index in [4.69, 9.17) is 0 Å². The quantitative estimate of drug-likeness (QED) is 0.849. The fourth-order valence-electron chi connectivity index (χ4n) is 2.04. The average molecular weight is 324 g/mol. The van der Waals surface area contributed by atoms with Crippen molar-refractivity contribution >= 4 is 35.4 Å². The van der Waals surface area contributed by atoms with Gasteiger partial charge in [0.2, 0.25) is 0 Å². The number of nitrogens with zero attached hydrogens (tertiary/aromatic N) is 1. The lowest BCUT2D eigenvalue weighted by atomic mass is 10.2. The maximum atomic E-state index is 12.4. The molecule has 22 heavy (non-hydrogen) atoms. The van der Waals surface area contributed by atoms with Crippen LogP contribution >= 0.6 is 11.8 Å². The number of benzene rings is 1. The molecule has 1 aromatic carbocycles. The molecule has 0 aromatic heterocycles. The summed E-state index contributed by atoms with van der Waals surface area (Å²) in [7, 11) is 2.55. The van der Waals surface area contributed by atoms with Gasteiger partial charge in [-0.2, -0.15) is 0 Å². The molecule has 1 aliphatic rings. The number of hydrogen-bond acceptors (Lipinski definition) is 6. The van der Waals surface area contributed by atoms with E-state index in [-0.39, 0.29) is 5.56 Å². The highest BCUT2D eigenvalue weighted by Gasteiger charge is 2.36. The first kappa shape index (κ1) is 16.2. The molecule has 0 spiro atoms. The molecule has 1 N–H and O–H groups in total. The fraction of sp³-hybridized carbons (Fsp3) is 0.357. The highest BCUT2D eigenvalue weighted by atomic mass is 32.2. The van der Waals surface area contributed by atoms with E-state index in [1.807, 2.05) is 0 Å². The SMILES string of the molecule is COC(=O)c1ccccc1NC(=O)N1CCSC1C(=O)OC. The van der Waals surface area contributed by atoms with Gasteiger partial charge in [-0.1, -0.05) is 12.1 Å². The molecule has 0 radical (unpaired) electrons. The molecule has 1 atom stereocenters. The summed E-state index contributed by atoms with van der Waals surface area (Å²) in [5.74, 6) is -0.374. The summed E-state index contributed by atoms with van der Waals surface area (Å²) in [5.41, 5.74) is 0.583. The second-order valence-corrected chi connectivity index (χ2v) is 5.60. The molecule has 8 heteroatoms. The summed E-state index contributed by atoms with van der Waals surface area (Å²) in [6.45, 7) is 0.427. The van der Waals surface area contributed by atoms with Gasteiger partial charge < -0.3 is 19.7 Å². The van der Waals surface area contributed by atoms with Crippen LogP contribution in [0.1, 0.15) is 10.4 Å². The Bertz CT molecular complexity index is 592. The number of ether oxygens (including phenoxy) is 2. The number of rotatable bonds is 3. The summed E-state index contributed by atoms with van der Waals surface area (Å²) in [4.78, 5) is 37.1. The number of methoxy groups -OCH3 is 2. The van der Waals surface area contributed by atoms with Gasteiger partial charge >= 0.3 is 18.0 Å². The van der Waals surface area contributed by atoms with Gasteiger partial charge in [-0.15, -0.1) is 11.8 Å². The second-order valence-electron chi connectivity index (χ2n) is 4.41. The molecule has 1 unspecified atom stereocenters. The molecule has 1 aromatic rings. The van der Waals surface area contributed by atoms with Gasteiger partial charge in [-0.25, -0.2) is 14.4 Å². The number of para-hydroxylation sites is 1. The Morgan fingerprint density at radius 1 is 1.23 bits per heavy atom. The fourth-order valence-corrected chi connectivity index (χ4v) is 3.18.